The zero-order chi connectivity index (χ0) is 19.5. The van der Waals surface area contributed by atoms with Crippen LogP contribution in [-0.4, -0.2) is 25.4 Å². The van der Waals surface area contributed by atoms with Crippen LogP contribution in [0.25, 0.3) is 0 Å². The van der Waals surface area contributed by atoms with Gasteiger partial charge in [-0.3, -0.25) is 9.59 Å². The average Bonchev–Trinajstić information content (AvgIpc) is 2.79. The molecule has 1 atom stereocenters. The lowest BCUT2D eigenvalue weighted by Gasteiger charge is -2.27. The van der Waals surface area contributed by atoms with E-state index in [2.05, 4.69) is 27.3 Å². The number of nitrogens with zero attached hydrogens (tertiary/aromatic N) is 1. The van der Waals surface area contributed by atoms with E-state index in [9.17, 15) is 9.59 Å². The van der Waals surface area contributed by atoms with Crippen molar-refractivity contribution in [3.05, 3.63) is 51.5 Å². The quantitative estimate of drug-likeness (QED) is 0.691. The van der Waals surface area contributed by atoms with Crippen LogP contribution < -0.4 is 10.2 Å². The molecule has 1 N–H and O–H groups in total. The number of carbonyl (C=O) groups excluding carboxylic acids is 2. The summed E-state index contributed by atoms with van der Waals surface area (Å²) in [5, 5.41) is 2.68. The van der Waals surface area contributed by atoms with Gasteiger partial charge < -0.3 is 10.2 Å². The standard InChI is InChI=1S/C21H27BrN2O2/c1-14(2)8-10-21(13-19(25)23-5)17-7-6-16(22)12-18(17)24(20(21)26)11-9-15(3)4/h6-9,12H,10-11,13H2,1-5H3,(H,23,25)/t21-/m0/s1. The van der Waals surface area contributed by atoms with Crippen molar-refractivity contribution in [1.29, 1.82) is 0 Å². The lowest BCUT2D eigenvalue weighted by Crippen LogP contribution is -2.43. The smallest absolute Gasteiger partial charge is 0.238 e. The van der Waals surface area contributed by atoms with Gasteiger partial charge in [-0.1, -0.05) is 45.3 Å². The van der Waals surface area contributed by atoms with Crippen LogP contribution in [0.1, 0.15) is 46.1 Å². The molecule has 2 rings (SSSR count). The SMILES string of the molecule is CNC(=O)C[C@]1(CC=C(C)C)C(=O)N(CC=C(C)C)c2cc(Br)ccc21. The van der Waals surface area contributed by atoms with E-state index in [0.29, 0.717) is 13.0 Å². The Hall–Kier alpha value is -1.88. The first-order valence-corrected chi connectivity index (χ1v) is 9.60. The van der Waals surface area contributed by atoms with Gasteiger partial charge in [0.05, 0.1) is 5.41 Å². The van der Waals surface area contributed by atoms with Crippen LogP contribution in [0.15, 0.2) is 46.0 Å². The number of nitrogens with one attached hydrogen (secondary N) is 1. The summed E-state index contributed by atoms with van der Waals surface area (Å²) in [5.74, 6) is -0.136. The highest BCUT2D eigenvalue weighted by Crippen LogP contribution is 2.47. The third-order valence-electron chi connectivity index (χ3n) is 4.70. The molecule has 0 aliphatic carbocycles. The Labute approximate surface area is 164 Å². The number of hydrogen-bond acceptors (Lipinski definition) is 2. The number of rotatable bonds is 6. The number of fused-ring (bicyclic) bond motifs is 1. The lowest BCUT2D eigenvalue weighted by molar-refractivity contribution is -0.129. The molecule has 2 amide bonds. The Morgan fingerprint density at radius 1 is 1.19 bits per heavy atom. The minimum Gasteiger partial charge on any atom is -0.359 e. The predicted molar refractivity (Wildman–Crippen MR) is 110 cm³/mol. The molecule has 1 aromatic rings. The molecule has 1 heterocycles. The zero-order valence-electron chi connectivity index (χ0n) is 16.1. The van der Waals surface area contributed by atoms with Crippen LogP contribution in [0.2, 0.25) is 0 Å². The van der Waals surface area contributed by atoms with Gasteiger partial charge in [0, 0.05) is 30.2 Å². The summed E-state index contributed by atoms with van der Waals surface area (Å²) in [6.45, 7) is 8.56. The molecule has 1 aliphatic rings. The Morgan fingerprint density at radius 3 is 2.42 bits per heavy atom. The van der Waals surface area contributed by atoms with Gasteiger partial charge in [0.2, 0.25) is 11.8 Å². The van der Waals surface area contributed by atoms with E-state index in [-0.39, 0.29) is 18.2 Å². The van der Waals surface area contributed by atoms with Crippen molar-refractivity contribution in [2.75, 3.05) is 18.5 Å². The Kier molecular flexibility index (Phi) is 6.45. The molecular weight excluding hydrogens is 392 g/mol. The van der Waals surface area contributed by atoms with Crippen LogP contribution in [0.4, 0.5) is 5.69 Å². The molecule has 4 nitrogen and oxygen atoms in total. The van der Waals surface area contributed by atoms with Crippen molar-refractivity contribution in [1.82, 2.24) is 5.32 Å². The molecule has 0 saturated carbocycles. The summed E-state index contributed by atoms with van der Waals surface area (Å²) >= 11 is 3.51. The van der Waals surface area contributed by atoms with Crippen LogP contribution in [-0.2, 0) is 15.0 Å². The molecular formula is C21H27BrN2O2. The number of allylic oxidation sites excluding steroid dienone is 3. The number of halogens is 1. The number of carbonyl (C=O) groups is 2. The molecule has 0 saturated heterocycles. The highest BCUT2D eigenvalue weighted by molar-refractivity contribution is 9.10. The van der Waals surface area contributed by atoms with Crippen molar-refractivity contribution in [3.8, 4) is 0 Å². The van der Waals surface area contributed by atoms with E-state index in [1.807, 2.05) is 52.0 Å². The van der Waals surface area contributed by atoms with Gasteiger partial charge in [0.15, 0.2) is 0 Å². The average molecular weight is 419 g/mol. The maximum atomic E-state index is 13.5. The van der Waals surface area contributed by atoms with Crippen molar-refractivity contribution in [2.45, 2.75) is 46.0 Å². The molecule has 0 radical (unpaired) electrons. The number of benzene rings is 1. The number of hydrogen-bond donors (Lipinski definition) is 1. The molecule has 0 unspecified atom stereocenters. The number of amides is 2. The summed E-state index contributed by atoms with van der Waals surface area (Å²) in [7, 11) is 1.61. The summed E-state index contributed by atoms with van der Waals surface area (Å²) < 4.78 is 0.921. The van der Waals surface area contributed by atoms with E-state index in [4.69, 9.17) is 0 Å². The molecule has 0 bridgehead atoms. The van der Waals surface area contributed by atoms with Crippen LogP contribution in [0.5, 0.6) is 0 Å². The van der Waals surface area contributed by atoms with E-state index in [0.717, 1.165) is 26.9 Å². The maximum absolute atomic E-state index is 13.5. The molecule has 0 spiro atoms. The summed E-state index contributed by atoms with van der Waals surface area (Å²) in [6.07, 6.45) is 4.75. The van der Waals surface area contributed by atoms with Crippen LogP contribution >= 0.6 is 15.9 Å². The number of anilines is 1. The van der Waals surface area contributed by atoms with Gasteiger partial charge in [0.1, 0.15) is 0 Å². The van der Waals surface area contributed by atoms with Gasteiger partial charge in [-0.05, 0) is 51.8 Å². The van der Waals surface area contributed by atoms with Gasteiger partial charge >= 0.3 is 0 Å². The minimum atomic E-state index is -0.858. The zero-order valence-corrected chi connectivity index (χ0v) is 17.7. The topological polar surface area (TPSA) is 49.4 Å². The normalized spacial score (nSPS) is 18.4. The lowest BCUT2D eigenvalue weighted by atomic mass is 9.75. The Bertz CT molecular complexity index is 774. The monoisotopic (exact) mass is 418 g/mol. The first-order valence-electron chi connectivity index (χ1n) is 8.80. The summed E-state index contributed by atoms with van der Waals surface area (Å²) in [4.78, 5) is 27.6. The fourth-order valence-electron chi connectivity index (χ4n) is 3.25. The third-order valence-corrected chi connectivity index (χ3v) is 5.20. The fraction of sp³-hybridized carbons (Fsp3) is 0.429. The van der Waals surface area contributed by atoms with Gasteiger partial charge in [0.25, 0.3) is 0 Å². The van der Waals surface area contributed by atoms with Gasteiger partial charge in [-0.25, -0.2) is 0 Å². The third kappa shape index (κ3) is 4.09. The van der Waals surface area contributed by atoms with Crippen molar-refractivity contribution >= 4 is 33.4 Å². The second-order valence-electron chi connectivity index (χ2n) is 7.28. The molecule has 140 valence electrons. The van der Waals surface area contributed by atoms with E-state index >= 15 is 0 Å². The predicted octanol–water partition coefficient (Wildman–Crippen LogP) is 4.49. The van der Waals surface area contributed by atoms with Crippen molar-refractivity contribution in [3.63, 3.8) is 0 Å². The molecule has 0 fully saturated rings. The summed E-state index contributed by atoms with van der Waals surface area (Å²) in [5.41, 5.74) is 3.24. The fourth-order valence-corrected chi connectivity index (χ4v) is 3.60. The van der Waals surface area contributed by atoms with E-state index in [1.54, 1.807) is 11.9 Å². The van der Waals surface area contributed by atoms with Crippen molar-refractivity contribution < 1.29 is 9.59 Å². The largest absolute Gasteiger partial charge is 0.359 e. The maximum Gasteiger partial charge on any atom is 0.238 e. The van der Waals surface area contributed by atoms with E-state index in [1.165, 1.54) is 0 Å². The molecule has 5 heteroatoms. The van der Waals surface area contributed by atoms with Gasteiger partial charge in [-0.15, -0.1) is 0 Å². The highest BCUT2D eigenvalue weighted by atomic mass is 79.9. The van der Waals surface area contributed by atoms with E-state index < -0.39 is 5.41 Å². The second kappa shape index (κ2) is 8.21. The summed E-state index contributed by atoms with van der Waals surface area (Å²) in [6, 6.07) is 5.89. The first kappa shape index (κ1) is 20.4. The Balaban J connectivity index is 2.62. The molecule has 1 aromatic carbocycles. The molecule has 0 aromatic heterocycles. The minimum absolute atomic E-state index is 0.01000. The van der Waals surface area contributed by atoms with Crippen molar-refractivity contribution in [2.24, 2.45) is 0 Å². The Morgan fingerprint density at radius 2 is 1.85 bits per heavy atom. The second-order valence-corrected chi connectivity index (χ2v) is 8.19. The molecule has 26 heavy (non-hydrogen) atoms. The molecule has 1 aliphatic heterocycles. The van der Waals surface area contributed by atoms with Gasteiger partial charge in [-0.2, -0.15) is 0 Å². The highest BCUT2D eigenvalue weighted by Gasteiger charge is 2.50. The van der Waals surface area contributed by atoms with Crippen LogP contribution in [0.3, 0.4) is 0 Å². The first-order chi connectivity index (χ1) is 12.2. The van der Waals surface area contributed by atoms with Crippen LogP contribution in [0, 0.1) is 0 Å².